The molecule has 2 rings (SSSR count). The van der Waals surface area contributed by atoms with Crippen molar-refractivity contribution in [1.82, 2.24) is 5.32 Å². The third-order valence-electron chi connectivity index (χ3n) is 2.28. The molecule has 1 unspecified atom stereocenters. The zero-order chi connectivity index (χ0) is 11.4. The van der Waals surface area contributed by atoms with Crippen molar-refractivity contribution in [3.63, 3.8) is 0 Å². The molecule has 0 spiro atoms. The number of thiophene rings is 1. The lowest BCUT2D eigenvalue weighted by Gasteiger charge is -2.22. The average molecular weight is 242 g/mol. The van der Waals surface area contributed by atoms with Crippen LogP contribution in [0.25, 0.3) is 0 Å². The summed E-state index contributed by atoms with van der Waals surface area (Å²) < 4.78 is 10.6. The highest BCUT2D eigenvalue weighted by Crippen LogP contribution is 2.18. The lowest BCUT2D eigenvalue weighted by molar-refractivity contribution is -0.0855. The number of amides is 1. The van der Waals surface area contributed by atoms with Gasteiger partial charge in [0.25, 0.3) is 5.91 Å². The minimum absolute atomic E-state index is 0.0566. The third kappa shape index (κ3) is 2.72. The maximum Gasteiger partial charge on any atom is 0.263 e. The standard InChI is InChI=1S/C10H14N2O3S/c11-8-1-4-16-9(8)10(13)12-5-7-6-14-2-3-15-7/h1,4,7H,2-3,5-6,11H2,(H,12,13). The van der Waals surface area contributed by atoms with Crippen LogP contribution in [0.1, 0.15) is 9.67 Å². The summed E-state index contributed by atoms with van der Waals surface area (Å²) in [6.07, 6.45) is -0.0566. The molecule has 0 bridgehead atoms. The van der Waals surface area contributed by atoms with E-state index in [0.717, 1.165) is 0 Å². The molecule has 16 heavy (non-hydrogen) atoms. The molecule has 0 aromatic carbocycles. The SMILES string of the molecule is Nc1ccsc1C(=O)NCC1COCCO1. The van der Waals surface area contributed by atoms with E-state index in [0.29, 0.717) is 36.9 Å². The van der Waals surface area contributed by atoms with E-state index in [1.165, 1.54) is 11.3 Å². The van der Waals surface area contributed by atoms with Crippen molar-refractivity contribution in [2.45, 2.75) is 6.10 Å². The van der Waals surface area contributed by atoms with Crippen molar-refractivity contribution in [2.75, 3.05) is 32.1 Å². The highest BCUT2D eigenvalue weighted by Gasteiger charge is 2.17. The lowest BCUT2D eigenvalue weighted by Crippen LogP contribution is -2.39. The number of carbonyl (C=O) groups is 1. The second kappa shape index (κ2) is 5.29. The number of nitrogens with two attached hydrogens (primary N) is 1. The molecule has 1 fully saturated rings. The third-order valence-corrected chi connectivity index (χ3v) is 3.21. The Morgan fingerprint density at radius 3 is 3.12 bits per heavy atom. The van der Waals surface area contributed by atoms with Crippen LogP contribution in [0.15, 0.2) is 11.4 Å². The summed E-state index contributed by atoms with van der Waals surface area (Å²) in [6.45, 7) is 2.19. The van der Waals surface area contributed by atoms with Gasteiger partial charge in [0, 0.05) is 6.54 Å². The largest absolute Gasteiger partial charge is 0.397 e. The summed E-state index contributed by atoms with van der Waals surface area (Å²) in [4.78, 5) is 12.2. The van der Waals surface area contributed by atoms with E-state index in [9.17, 15) is 4.79 Å². The maximum absolute atomic E-state index is 11.7. The van der Waals surface area contributed by atoms with Gasteiger partial charge in [-0.3, -0.25) is 4.79 Å². The monoisotopic (exact) mass is 242 g/mol. The fourth-order valence-corrected chi connectivity index (χ4v) is 2.18. The summed E-state index contributed by atoms with van der Waals surface area (Å²) >= 11 is 1.34. The molecule has 0 aliphatic carbocycles. The van der Waals surface area contributed by atoms with Gasteiger partial charge in [0.2, 0.25) is 0 Å². The number of hydrogen-bond acceptors (Lipinski definition) is 5. The van der Waals surface area contributed by atoms with Gasteiger partial charge in [-0.15, -0.1) is 11.3 Å². The van der Waals surface area contributed by atoms with Crippen LogP contribution in [-0.2, 0) is 9.47 Å². The Morgan fingerprint density at radius 2 is 2.50 bits per heavy atom. The van der Waals surface area contributed by atoms with Crippen LogP contribution in [0.5, 0.6) is 0 Å². The van der Waals surface area contributed by atoms with Crippen molar-refractivity contribution in [2.24, 2.45) is 0 Å². The van der Waals surface area contributed by atoms with E-state index in [1.54, 1.807) is 11.4 Å². The zero-order valence-electron chi connectivity index (χ0n) is 8.77. The Kier molecular flexibility index (Phi) is 3.76. The van der Waals surface area contributed by atoms with Crippen molar-refractivity contribution < 1.29 is 14.3 Å². The van der Waals surface area contributed by atoms with E-state index in [1.807, 2.05) is 0 Å². The molecule has 1 aromatic heterocycles. The Balaban J connectivity index is 1.81. The van der Waals surface area contributed by atoms with Crippen LogP contribution >= 0.6 is 11.3 Å². The van der Waals surface area contributed by atoms with Crippen molar-refractivity contribution in [1.29, 1.82) is 0 Å². The van der Waals surface area contributed by atoms with Gasteiger partial charge in [0.1, 0.15) is 4.88 Å². The van der Waals surface area contributed by atoms with E-state index < -0.39 is 0 Å². The molecule has 88 valence electrons. The molecule has 1 atom stereocenters. The van der Waals surface area contributed by atoms with E-state index in [-0.39, 0.29) is 12.0 Å². The van der Waals surface area contributed by atoms with E-state index in [2.05, 4.69) is 5.32 Å². The first-order valence-electron chi connectivity index (χ1n) is 5.08. The molecule has 1 aliphatic rings. The van der Waals surface area contributed by atoms with Gasteiger partial charge in [-0.2, -0.15) is 0 Å². The van der Waals surface area contributed by atoms with E-state index >= 15 is 0 Å². The van der Waals surface area contributed by atoms with Gasteiger partial charge in [-0.1, -0.05) is 0 Å². The summed E-state index contributed by atoms with van der Waals surface area (Å²) in [5.41, 5.74) is 6.16. The maximum atomic E-state index is 11.7. The molecule has 3 N–H and O–H groups in total. The number of nitrogen functional groups attached to an aromatic ring is 1. The first kappa shape index (κ1) is 11.4. The average Bonchev–Trinajstić information content (AvgIpc) is 2.74. The van der Waals surface area contributed by atoms with Crippen molar-refractivity contribution >= 4 is 22.9 Å². The van der Waals surface area contributed by atoms with Gasteiger partial charge in [0.05, 0.1) is 31.6 Å². The van der Waals surface area contributed by atoms with Crippen LogP contribution in [0.3, 0.4) is 0 Å². The van der Waals surface area contributed by atoms with Crippen molar-refractivity contribution in [3.8, 4) is 0 Å². The normalized spacial score (nSPS) is 20.6. The predicted molar refractivity (Wildman–Crippen MR) is 61.6 cm³/mol. The molecule has 5 nitrogen and oxygen atoms in total. The smallest absolute Gasteiger partial charge is 0.263 e. The molecular formula is C10H14N2O3S. The highest BCUT2D eigenvalue weighted by molar-refractivity contribution is 7.12. The minimum Gasteiger partial charge on any atom is -0.397 e. The number of ether oxygens (including phenoxy) is 2. The van der Waals surface area contributed by atoms with Gasteiger partial charge < -0.3 is 20.5 Å². The molecule has 0 saturated carbocycles. The van der Waals surface area contributed by atoms with Crippen LogP contribution in [0.4, 0.5) is 5.69 Å². The summed E-state index contributed by atoms with van der Waals surface area (Å²) in [5, 5.41) is 4.58. The molecule has 0 radical (unpaired) electrons. The number of rotatable bonds is 3. The molecule has 1 saturated heterocycles. The summed E-state index contributed by atoms with van der Waals surface area (Å²) in [5.74, 6) is -0.151. The van der Waals surface area contributed by atoms with Crippen LogP contribution in [0, 0.1) is 0 Å². The molecule has 1 aliphatic heterocycles. The van der Waals surface area contributed by atoms with Gasteiger partial charge in [-0.25, -0.2) is 0 Å². The van der Waals surface area contributed by atoms with Crippen molar-refractivity contribution in [3.05, 3.63) is 16.3 Å². The Morgan fingerprint density at radius 1 is 1.62 bits per heavy atom. The fourth-order valence-electron chi connectivity index (χ4n) is 1.44. The van der Waals surface area contributed by atoms with Crippen LogP contribution in [0.2, 0.25) is 0 Å². The highest BCUT2D eigenvalue weighted by atomic mass is 32.1. The molecule has 1 amide bonds. The first-order valence-corrected chi connectivity index (χ1v) is 5.96. The topological polar surface area (TPSA) is 73.6 Å². The van der Waals surface area contributed by atoms with Gasteiger partial charge in [-0.05, 0) is 11.4 Å². The van der Waals surface area contributed by atoms with E-state index in [4.69, 9.17) is 15.2 Å². The second-order valence-electron chi connectivity index (χ2n) is 3.48. The minimum atomic E-state index is -0.151. The Labute approximate surface area is 97.5 Å². The van der Waals surface area contributed by atoms with Gasteiger partial charge in [0.15, 0.2) is 0 Å². The molecular weight excluding hydrogens is 228 g/mol. The summed E-state index contributed by atoms with van der Waals surface area (Å²) in [7, 11) is 0. The number of nitrogens with one attached hydrogen (secondary N) is 1. The Hall–Kier alpha value is -1.11. The van der Waals surface area contributed by atoms with Crippen LogP contribution in [-0.4, -0.2) is 38.4 Å². The molecule has 6 heteroatoms. The molecule has 2 heterocycles. The van der Waals surface area contributed by atoms with Gasteiger partial charge >= 0.3 is 0 Å². The number of anilines is 1. The summed E-state index contributed by atoms with van der Waals surface area (Å²) in [6, 6.07) is 1.72. The fraction of sp³-hybridized carbons (Fsp3) is 0.500. The van der Waals surface area contributed by atoms with Crippen LogP contribution < -0.4 is 11.1 Å². The first-order chi connectivity index (χ1) is 7.77. The molecule has 1 aromatic rings. The number of carbonyl (C=O) groups excluding carboxylic acids is 1. The second-order valence-corrected chi connectivity index (χ2v) is 4.40. The lowest BCUT2D eigenvalue weighted by atomic mass is 10.3. The zero-order valence-corrected chi connectivity index (χ0v) is 9.59. The number of hydrogen-bond donors (Lipinski definition) is 2. The Bertz CT molecular complexity index is 361. The quantitative estimate of drug-likeness (QED) is 0.808. The predicted octanol–water partition coefficient (Wildman–Crippen LogP) is 0.475.